The largest absolute Gasteiger partial charge is 0.351 e. The Morgan fingerprint density at radius 2 is 2.24 bits per heavy atom. The van der Waals surface area contributed by atoms with Gasteiger partial charge in [0, 0.05) is 25.3 Å². The lowest BCUT2D eigenvalue weighted by molar-refractivity contribution is 0.0947. The summed E-state index contributed by atoms with van der Waals surface area (Å²) < 4.78 is 0.730. The Bertz CT molecular complexity index is 365. The second-order valence-electron chi connectivity index (χ2n) is 4.20. The lowest BCUT2D eigenvalue weighted by Gasteiger charge is -2.20. The molecule has 5 heteroatoms. The first-order valence-corrected chi connectivity index (χ1v) is 6.40. The molecule has 0 unspecified atom stereocenters. The van der Waals surface area contributed by atoms with Gasteiger partial charge in [-0.2, -0.15) is 0 Å². The van der Waals surface area contributed by atoms with E-state index in [0.29, 0.717) is 18.2 Å². The van der Waals surface area contributed by atoms with Crippen LogP contribution in [0.2, 0.25) is 0 Å². The number of rotatable bonds is 5. The molecule has 0 aliphatic carbocycles. The van der Waals surface area contributed by atoms with Crippen LogP contribution >= 0.6 is 15.9 Å². The Morgan fingerprint density at radius 3 is 2.76 bits per heavy atom. The van der Waals surface area contributed by atoms with Crippen molar-refractivity contribution in [3.05, 3.63) is 28.5 Å². The van der Waals surface area contributed by atoms with Gasteiger partial charge in [-0.1, -0.05) is 0 Å². The van der Waals surface area contributed by atoms with E-state index in [0.717, 1.165) is 11.1 Å². The van der Waals surface area contributed by atoms with Crippen molar-refractivity contribution in [3.8, 4) is 0 Å². The molecule has 1 rings (SSSR count). The van der Waals surface area contributed by atoms with Crippen LogP contribution in [0.4, 0.5) is 0 Å². The minimum absolute atomic E-state index is 0.0813. The van der Waals surface area contributed by atoms with Gasteiger partial charge in [0.25, 0.3) is 5.91 Å². The molecular weight excluding hydrogens is 282 g/mol. The molecule has 0 radical (unpaired) electrons. The number of hydrogen-bond donors (Lipinski definition) is 1. The van der Waals surface area contributed by atoms with Gasteiger partial charge in [0.1, 0.15) is 4.60 Å². The number of hydrogen-bond acceptors (Lipinski definition) is 3. The molecule has 1 heterocycles. The second kappa shape index (κ2) is 6.71. The van der Waals surface area contributed by atoms with Crippen molar-refractivity contribution in [2.24, 2.45) is 0 Å². The zero-order valence-corrected chi connectivity index (χ0v) is 12.0. The van der Waals surface area contributed by atoms with Crippen LogP contribution in [0.3, 0.4) is 0 Å². The van der Waals surface area contributed by atoms with Gasteiger partial charge in [-0.25, -0.2) is 4.98 Å². The van der Waals surface area contributed by atoms with E-state index in [-0.39, 0.29) is 5.91 Å². The highest BCUT2D eigenvalue weighted by Gasteiger charge is 2.07. The summed E-state index contributed by atoms with van der Waals surface area (Å²) in [7, 11) is 2.04. The van der Waals surface area contributed by atoms with Gasteiger partial charge in [0.05, 0.1) is 5.56 Å². The lowest BCUT2D eigenvalue weighted by atomic mass is 10.2. The van der Waals surface area contributed by atoms with Crippen molar-refractivity contribution < 1.29 is 4.79 Å². The van der Waals surface area contributed by atoms with E-state index < -0.39 is 0 Å². The first kappa shape index (κ1) is 14.1. The standard InChI is InChI=1S/C12H18BrN3O/c1-9(2)16(3)7-6-14-12(17)10-4-5-11(13)15-8-10/h4-5,8-9H,6-7H2,1-3H3,(H,14,17). The molecule has 94 valence electrons. The summed E-state index contributed by atoms with van der Waals surface area (Å²) >= 11 is 3.23. The second-order valence-corrected chi connectivity index (χ2v) is 5.01. The van der Waals surface area contributed by atoms with Gasteiger partial charge < -0.3 is 10.2 Å². The van der Waals surface area contributed by atoms with Crippen molar-refractivity contribution in [2.45, 2.75) is 19.9 Å². The Morgan fingerprint density at radius 1 is 1.53 bits per heavy atom. The van der Waals surface area contributed by atoms with Gasteiger partial charge in [0.15, 0.2) is 0 Å². The molecule has 0 aromatic carbocycles. The fourth-order valence-corrected chi connectivity index (χ4v) is 1.45. The van der Waals surface area contributed by atoms with Gasteiger partial charge >= 0.3 is 0 Å². The van der Waals surface area contributed by atoms with Crippen molar-refractivity contribution >= 4 is 21.8 Å². The fraction of sp³-hybridized carbons (Fsp3) is 0.500. The van der Waals surface area contributed by atoms with Crippen molar-refractivity contribution in [1.29, 1.82) is 0 Å². The minimum Gasteiger partial charge on any atom is -0.351 e. The molecule has 4 nitrogen and oxygen atoms in total. The number of aromatic nitrogens is 1. The van der Waals surface area contributed by atoms with Crippen molar-refractivity contribution in [2.75, 3.05) is 20.1 Å². The topological polar surface area (TPSA) is 45.2 Å². The number of nitrogens with zero attached hydrogens (tertiary/aromatic N) is 2. The van der Waals surface area contributed by atoms with Crippen LogP contribution in [-0.4, -0.2) is 42.0 Å². The van der Waals surface area contributed by atoms with E-state index in [1.807, 2.05) is 7.05 Å². The van der Waals surface area contributed by atoms with E-state index in [2.05, 4.69) is 45.0 Å². The summed E-state index contributed by atoms with van der Waals surface area (Å²) in [4.78, 5) is 17.9. The van der Waals surface area contributed by atoms with Crippen LogP contribution in [0, 0.1) is 0 Å². The first-order chi connectivity index (χ1) is 8.00. The fourth-order valence-electron chi connectivity index (χ4n) is 1.22. The third kappa shape index (κ3) is 4.83. The molecule has 1 amide bonds. The molecule has 1 N–H and O–H groups in total. The van der Waals surface area contributed by atoms with Crippen LogP contribution in [0.15, 0.2) is 22.9 Å². The predicted molar refractivity (Wildman–Crippen MR) is 72.0 cm³/mol. The molecule has 0 fully saturated rings. The number of pyridine rings is 1. The number of amides is 1. The van der Waals surface area contributed by atoms with Gasteiger partial charge in [-0.15, -0.1) is 0 Å². The van der Waals surface area contributed by atoms with Crippen LogP contribution < -0.4 is 5.32 Å². The maximum absolute atomic E-state index is 11.7. The van der Waals surface area contributed by atoms with Gasteiger partial charge in [0.2, 0.25) is 0 Å². The summed E-state index contributed by atoms with van der Waals surface area (Å²) in [6.07, 6.45) is 1.56. The van der Waals surface area contributed by atoms with Gasteiger partial charge in [-0.05, 0) is 49.0 Å². The van der Waals surface area contributed by atoms with Crippen LogP contribution in [0.5, 0.6) is 0 Å². The average Bonchev–Trinajstić information content (AvgIpc) is 2.29. The Hall–Kier alpha value is -0.940. The third-order valence-electron chi connectivity index (χ3n) is 2.62. The summed E-state index contributed by atoms with van der Waals surface area (Å²) in [5.74, 6) is -0.0813. The van der Waals surface area contributed by atoms with Crippen LogP contribution in [0.1, 0.15) is 24.2 Å². The maximum atomic E-state index is 11.7. The summed E-state index contributed by atoms with van der Waals surface area (Å²) in [6, 6.07) is 3.99. The number of carbonyl (C=O) groups is 1. The Labute approximate surface area is 111 Å². The Kier molecular flexibility index (Phi) is 5.58. The van der Waals surface area contributed by atoms with E-state index in [1.165, 1.54) is 0 Å². The number of halogens is 1. The van der Waals surface area contributed by atoms with E-state index in [1.54, 1.807) is 18.3 Å². The highest BCUT2D eigenvalue weighted by molar-refractivity contribution is 9.10. The highest BCUT2D eigenvalue weighted by atomic mass is 79.9. The number of likely N-dealkylation sites (N-methyl/N-ethyl adjacent to an activating group) is 1. The molecule has 0 aliphatic rings. The minimum atomic E-state index is -0.0813. The van der Waals surface area contributed by atoms with Crippen molar-refractivity contribution in [3.63, 3.8) is 0 Å². The first-order valence-electron chi connectivity index (χ1n) is 5.60. The van der Waals surface area contributed by atoms with Crippen LogP contribution in [0.25, 0.3) is 0 Å². The number of carbonyl (C=O) groups excluding carboxylic acids is 1. The molecule has 0 aliphatic heterocycles. The molecule has 0 spiro atoms. The third-order valence-corrected chi connectivity index (χ3v) is 3.09. The normalized spacial score (nSPS) is 10.9. The Balaban J connectivity index is 2.37. The molecule has 0 bridgehead atoms. The maximum Gasteiger partial charge on any atom is 0.252 e. The van der Waals surface area contributed by atoms with E-state index in [4.69, 9.17) is 0 Å². The molecule has 0 saturated carbocycles. The quantitative estimate of drug-likeness (QED) is 0.845. The molecule has 0 atom stereocenters. The van der Waals surface area contributed by atoms with E-state index >= 15 is 0 Å². The van der Waals surface area contributed by atoms with Gasteiger partial charge in [-0.3, -0.25) is 4.79 Å². The smallest absolute Gasteiger partial charge is 0.252 e. The van der Waals surface area contributed by atoms with Crippen LogP contribution in [-0.2, 0) is 0 Å². The number of nitrogens with one attached hydrogen (secondary N) is 1. The highest BCUT2D eigenvalue weighted by Crippen LogP contribution is 2.05. The SMILES string of the molecule is CC(C)N(C)CCNC(=O)c1ccc(Br)nc1. The molecule has 1 aromatic heterocycles. The van der Waals surface area contributed by atoms with Crippen molar-refractivity contribution in [1.82, 2.24) is 15.2 Å². The predicted octanol–water partition coefficient (Wildman–Crippen LogP) is 1.91. The molecule has 0 saturated heterocycles. The monoisotopic (exact) mass is 299 g/mol. The summed E-state index contributed by atoms with van der Waals surface area (Å²) in [5.41, 5.74) is 0.584. The summed E-state index contributed by atoms with van der Waals surface area (Å²) in [6.45, 7) is 5.73. The zero-order chi connectivity index (χ0) is 12.8. The molecule has 1 aromatic rings. The average molecular weight is 300 g/mol. The lowest BCUT2D eigenvalue weighted by Crippen LogP contribution is -2.36. The van der Waals surface area contributed by atoms with E-state index in [9.17, 15) is 4.79 Å². The molecular formula is C12H18BrN3O. The summed E-state index contributed by atoms with van der Waals surface area (Å²) in [5, 5.41) is 2.87. The zero-order valence-electron chi connectivity index (χ0n) is 10.4. The molecule has 17 heavy (non-hydrogen) atoms.